The van der Waals surface area contributed by atoms with Gasteiger partial charge < -0.3 is 16.0 Å². The Hall–Kier alpha value is -1.88. The highest BCUT2D eigenvalue weighted by molar-refractivity contribution is 5.95. The maximum atomic E-state index is 12.1. The fourth-order valence-corrected chi connectivity index (χ4v) is 2.88. The number of carbonyl (C=O) groups excluding carboxylic acids is 2. The number of benzene rings is 1. The summed E-state index contributed by atoms with van der Waals surface area (Å²) in [6.45, 7) is 6.83. The lowest BCUT2D eigenvalue weighted by Crippen LogP contribution is -2.42. The molecule has 126 valence electrons. The van der Waals surface area contributed by atoms with Crippen LogP contribution < -0.4 is 16.0 Å². The van der Waals surface area contributed by atoms with Crippen molar-refractivity contribution in [2.75, 3.05) is 11.4 Å². The van der Waals surface area contributed by atoms with Gasteiger partial charge in [-0.05, 0) is 43.4 Å². The Bertz CT molecular complexity index is 554. The number of anilines is 1. The number of hydrogen-bond donors (Lipinski definition) is 2. The van der Waals surface area contributed by atoms with Gasteiger partial charge in [0.05, 0.1) is 12.1 Å². The van der Waals surface area contributed by atoms with Crippen LogP contribution >= 0.6 is 0 Å². The van der Waals surface area contributed by atoms with Gasteiger partial charge in [0, 0.05) is 18.7 Å². The summed E-state index contributed by atoms with van der Waals surface area (Å²) >= 11 is 0. The van der Waals surface area contributed by atoms with E-state index in [1.165, 1.54) is 0 Å². The van der Waals surface area contributed by atoms with Crippen LogP contribution in [-0.4, -0.2) is 24.4 Å². The fourth-order valence-electron chi connectivity index (χ4n) is 2.88. The van der Waals surface area contributed by atoms with Crippen LogP contribution in [0, 0.1) is 5.92 Å². The molecule has 5 heteroatoms. The van der Waals surface area contributed by atoms with Crippen molar-refractivity contribution in [3.63, 3.8) is 0 Å². The average Bonchev–Trinajstić information content (AvgIpc) is 2.92. The largest absolute Gasteiger partial charge is 0.348 e. The number of rotatable bonds is 6. The fraction of sp³-hybridized carbons (Fsp3) is 0.556. The molecule has 2 atom stereocenters. The first kappa shape index (κ1) is 17.5. The Morgan fingerprint density at radius 1 is 1.26 bits per heavy atom. The van der Waals surface area contributed by atoms with Crippen molar-refractivity contribution in [3.05, 3.63) is 29.8 Å². The molecule has 1 aromatic carbocycles. The molecule has 1 unspecified atom stereocenters. The van der Waals surface area contributed by atoms with Gasteiger partial charge in [-0.15, -0.1) is 0 Å². The van der Waals surface area contributed by atoms with E-state index < -0.39 is 6.04 Å². The van der Waals surface area contributed by atoms with E-state index in [1.807, 2.05) is 36.1 Å². The first-order valence-electron chi connectivity index (χ1n) is 8.34. The lowest BCUT2D eigenvalue weighted by molar-refractivity contribution is -0.123. The van der Waals surface area contributed by atoms with Crippen LogP contribution in [0.4, 0.5) is 5.69 Å². The molecule has 1 saturated heterocycles. The molecule has 1 aromatic rings. The molecule has 0 bridgehead atoms. The number of nitrogens with two attached hydrogens (primary N) is 1. The zero-order valence-corrected chi connectivity index (χ0v) is 14.2. The Kier molecular flexibility index (Phi) is 5.77. The summed E-state index contributed by atoms with van der Waals surface area (Å²) < 4.78 is 0. The van der Waals surface area contributed by atoms with Crippen LogP contribution in [0.5, 0.6) is 0 Å². The van der Waals surface area contributed by atoms with Crippen molar-refractivity contribution < 1.29 is 9.59 Å². The lowest BCUT2D eigenvalue weighted by atomic mass is 10.0. The highest BCUT2D eigenvalue weighted by Crippen LogP contribution is 2.23. The Labute approximate surface area is 138 Å². The summed E-state index contributed by atoms with van der Waals surface area (Å²) in [6.07, 6.45) is 2.22. The van der Waals surface area contributed by atoms with Gasteiger partial charge in [0.1, 0.15) is 0 Å². The molecule has 0 saturated carbocycles. The first-order valence-corrected chi connectivity index (χ1v) is 8.34. The predicted octanol–water partition coefficient (Wildman–Crippen LogP) is 2.36. The Morgan fingerprint density at radius 2 is 1.91 bits per heavy atom. The zero-order valence-electron chi connectivity index (χ0n) is 14.2. The number of hydrogen-bond acceptors (Lipinski definition) is 3. The third-order valence-corrected chi connectivity index (χ3v) is 4.20. The SMILES string of the molecule is CC(C)C[C@H](N)C(=O)NC(C)c1ccc(N2CCCC2=O)cc1. The van der Waals surface area contributed by atoms with E-state index in [0.717, 1.165) is 24.2 Å². The lowest BCUT2D eigenvalue weighted by Gasteiger charge is -2.20. The van der Waals surface area contributed by atoms with Gasteiger partial charge in [-0.1, -0.05) is 26.0 Å². The quantitative estimate of drug-likeness (QED) is 0.846. The predicted molar refractivity (Wildman–Crippen MR) is 92.0 cm³/mol. The van der Waals surface area contributed by atoms with Gasteiger partial charge in [-0.25, -0.2) is 0 Å². The molecule has 1 aliphatic rings. The first-order chi connectivity index (χ1) is 10.9. The second-order valence-corrected chi connectivity index (χ2v) is 6.71. The highest BCUT2D eigenvalue weighted by Gasteiger charge is 2.22. The average molecular weight is 317 g/mol. The molecule has 3 N–H and O–H groups in total. The van der Waals surface area contributed by atoms with Crippen LogP contribution in [0.15, 0.2) is 24.3 Å². The molecule has 1 aliphatic heterocycles. The second-order valence-electron chi connectivity index (χ2n) is 6.71. The molecule has 2 amide bonds. The Balaban J connectivity index is 1.96. The number of nitrogens with one attached hydrogen (secondary N) is 1. The summed E-state index contributed by atoms with van der Waals surface area (Å²) in [4.78, 5) is 25.7. The highest BCUT2D eigenvalue weighted by atomic mass is 16.2. The van der Waals surface area contributed by atoms with Gasteiger partial charge in [0.2, 0.25) is 11.8 Å². The molecule has 1 fully saturated rings. The summed E-state index contributed by atoms with van der Waals surface area (Å²) in [6, 6.07) is 7.22. The van der Waals surface area contributed by atoms with Crippen LogP contribution in [0.25, 0.3) is 0 Å². The molecule has 23 heavy (non-hydrogen) atoms. The second kappa shape index (κ2) is 7.59. The van der Waals surface area contributed by atoms with Crippen molar-refractivity contribution in [2.24, 2.45) is 11.7 Å². The van der Waals surface area contributed by atoms with E-state index >= 15 is 0 Å². The minimum atomic E-state index is -0.473. The molecule has 0 aromatic heterocycles. The van der Waals surface area contributed by atoms with Crippen molar-refractivity contribution in [2.45, 2.75) is 52.1 Å². The molecule has 0 aliphatic carbocycles. The van der Waals surface area contributed by atoms with Crippen LogP contribution in [0.3, 0.4) is 0 Å². The van der Waals surface area contributed by atoms with Gasteiger partial charge in [-0.2, -0.15) is 0 Å². The summed E-state index contributed by atoms with van der Waals surface area (Å²) in [5.41, 5.74) is 7.84. The van der Waals surface area contributed by atoms with Crippen LogP contribution in [-0.2, 0) is 9.59 Å². The molecular formula is C18H27N3O2. The van der Waals surface area contributed by atoms with E-state index in [2.05, 4.69) is 19.2 Å². The number of nitrogens with zero attached hydrogens (tertiary/aromatic N) is 1. The number of carbonyl (C=O) groups is 2. The summed E-state index contributed by atoms with van der Waals surface area (Å²) in [5, 5.41) is 2.95. The van der Waals surface area contributed by atoms with Crippen molar-refractivity contribution in [1.82, 2.24) is 5.32 Å². The van der Waals surface area contributed by atoms with Crippen LogP contribution in [0.1, 0.15) is 51.6 Å². The van der Waals surface area contributed by atoms with E-state index in [4.69, 9.17) is 5.73 Å². The third kappa shape index (κ3) is 4.55. The summed E-state index contributed by atoms with van der Waals surface area (Å²) in [7, 11) is 0. The standard InChI is InChI=1S/C18H27N3O2/c1-12(2)11-16(19)18(23)20-13(3)14-6-8-15(9-7-14)21-10-4-5-17(21)22/h6-9,12-13,16H,4-5,10-11,19H2,1-3H3,(H,20,23)/t13?,16-/m0/s1. The number of amides is 2. The van der Waals surface area contributed by atoms with Crippen LogP contribution in [0.2, 0.25) is 0 Å². The zero-order chi connectivity index (χ0) is 17.0. The van der Waals surface area contributed by atoms with Gasteiger partial charge in [0.15, 0.2) is 0 Å². The molecule has 1 heterocycles. The van der Waals surface area contributed by atoms with Gasteiger partial charge in [-0.3, -0.25) is 9.59 Å². The minimum Gasteiger partial charge on any atom is -0.348 e. The third-order valence-electron chi connectivity index (χ3n) is 4.20. The maximum Gasteiger partial charge on any atom is 0.237 e. The Morgan fingerprint density at radius 3 is 2.43 bits per heavy atom. The molecule has 2 rings (SSSR count). The van der Waals surface area contributed by atoms with E-state index in [0.29, 0.717) is 18.8 Å². The topological polar surface area (TPSA) is 75.4 Å². The van der Waals surface area contributed by atoms with Gasteiger partial charge in [0.25, 0.3) is 0 Å². The molecule has 5 nitrogen and oxygen atoms in total. The maximum absolute atomic E-state index is 12.1. The van der Waals surface area contributed by atoms with Crippen molar-refractivity contribution in [3.8, 4) is 0 Å². The van der Waals surface area contributed by atoms with Crippen molar-refractivity contribution in [1.29, 1.82) is 0 Å². The minimum absolute atomic E-state index is 0.107. The molecule has 0 spiro atoms. The van der Waals surface area contributed by atoms with Gasteiger partial charge >= 0.3 is 0 Å². The summed E-state index contributed by atoms with van der Waals surface area (Å²) in [5.74, 6) is 0.451. The smallest absolute Gasteiger partial charge is 0.237 e. The van der Waals surface area contributed by atoms with Crippen molar-refractivity contribution >= 4 is 17.5 Å². The van der Waals surface area contributed by atoms with E-state index in [1.54, 1.807) is 0 Å². The van der Waals surface area contributed by atoms with E-state index in [9.17, 15) is 9.59 Å². The monoisotopic (exact) mass is 317 g/mol. The normalized spacial score (nSPS) is 17.4. The van der Waals surface area contributed by atoms with E-state index in [-0.39, 0.29) is 17.9 Å². The molecule has 0 radical (unpaired) electrons. The molecular weight excluding hydrogens is 290 g/mol.